The number of carbonyl (C=O) groups excluding carboxylic acids is 1. The zero-order valence-corrected chi connectivity index (χ0v) is 16.7. The molecule has 10 heteroatoms. The molecule has 1 atom stereocenters. The van der Waals surface area contributed by atoms with Crippen molar-refractivity contribution in [1.82, 2.24) is 24.7 Å². The van der Waals surface area contributed by atoms with Crippen molar-refractivity contribution in [2.24, 2.45) is 0 Å². The normalized spacial score (nSPS) is 12.3. The van der Waals surface area contributed by atoms with Crippen LogP contribution in [0.5, 0.6) is 0 Å². The Balaban J connectivity index is 1.70. The van der Waals surface area contributed by atoms with Gasteiger partial charge in [-0.2, -0.15) is 5.10 Å². The Morgan fingerprint density at radius 2 is 1.89 bits per heavy atom. The summed E-state index contributed by atoms with van der Waals surface area (Å²) in [4.78, 5) is 12.5. The maximum atomic E-state index is 12.5. The van der Waals surface area contributed by atoms with E-state index in [2.05, 4.69) is 20.6 Å². The summed E-state index contributed by atoms with van der Waals surface area (Å²) in [5.74, 6) is 7.10. The van der Waals surface area contributed by atoms with Gasteiger partial charge in [0.1, 0.15) is 5.82 Å². The first-order valence-corrected chi connectivity index (χ1v) is 9.60. The van der Waals surface area contributed by atoms with Crippen LogP contribution in [-0.2, 0) is 4.79 Å². The number of hydrogen-bond donors (Lipinski definition) is 2. The molecule has 1 unspecified atom stereocenters. The lowest BCUT2D eigenvalue weighted by atomic mass is 10.2. The third kappa shape index (κ3) is 4.25. The SMILES string of the molecule is CC(Sc1nnc(-c2ccc(Cl)cc2)n1N)C(=O)Nc1ccnn1C(C)C. The molecular formula is C17H20ClN7OS. The van der Waals surface area contributed by atoms with Crippen molar-refractivity contribution in [1.29, 1.82) is 0 Å². The standard InChI is InChI=1S/C17H20ClN7OS/c1-10(2)25-14(8-9-20-25)21-16(26)11(3)27-17-23-22-15(24(17)19)12-4-6-13(18)7-5-12/h4-11H,19H2,1-3H3,(H,21,26). The summed E-state index contributed by atoms with van der Waals surface area (Å²) < 4.78 is 3.12. The van der Waals surface area contributed by atoms with E-state index in [-0.39, 0.29) is 11.9 Å². The molecule has 3 aromatic rings. The Kier molecular flexibility index (Phi) is 5.71. The van der Waals surface area contributed by atoms with Crippen LogP contribution >= 0.6 is 23.4 Å². The van der Waals surface area contributed by atoms with E-state index in [9.17, 15) is 4.79 Å². The van der Waals surface area contributed by atoms with E-state index in [0.717, 1.165) is 5.56 Å². The molecule has 3 N–H and O–H groups in total. The average Bonchev–Trinajstić information content (AvgIpc) is 3.23. The fourth-order valence-electron chi connectivity index (χ4n) is 2.42. The number of benzene rings is 1. The summed E-state index contributed by atoms with van der Waals surface area (Å²) in [5.41, 5.74) is 0.791. The number of carbonyl (C=O) groups is 1. The molecule has 1 amide bonds. The molecule has 8 nitrogen and oxygen atoms in total. The van der Waals surface area contributed by atoms with Gasteiger partial charge in [-0.3, -0.25) is 4.79 Å². The Bertz CT molecular complexity index is 935. The topological polar surface area (TPSA) is 104 Å². The van der Waals surface area contributed by atoms with Crippen LogP contribution in [0.4, 0.5) is 5.82 Å². The second-order valence-corrected chi connectivity index (χ2v) is 7.93. The largest absolute Gasteiger partial charge is 0.335 e. The zero-order valence-electron chi connectivity index (χ0n) is 15.1. The molecule has 0 bridgehead atoms. The highest BCUT2D eigenvalue weighted by molar-refractivity contribution is 8.00. The number of hydrogen-bond acceptors (Lipinski definition) is 6. The van der Waals surface area contributed by atoms with Gasteiger partial charge in [-0.05, 0) is 45.0 Å². The van der Waals surface area contributed by atoms with Gasteiger partial charge in [0.05, 0.1) is 11.4 Å². The third-order valence-electron chi connectivity index (χ3n) is 3.83. The first-order valence-electron chi connectivity index (χ1n) is 8.34. The van der Waals surface area contributed by atoms with E-state index in [1.165, 1.54) is 16.4 Å². The summed E-state index contributed by atoms with van der Waals surface area (Å²) >= 11 is 7.14. The lowest BCUT2D eigenvalue weighted by Crippen LogP contribution is -2.25. The highest BCUT2D eigenvalue weighted by atomic mass is 35.5. The highest BCUT2D eigenvalue weighted by Gasteiger charge is 2.21. The van der Waals surface area contributed by atoms with Gasteiger partial charge in [0.2, 0.25) is 11.1 Å². The second-order valence-electron chi connectivity index (χ2n) is 6.19. The molecule has 142 valence electrons. The van der Waals surface area contributed by atoms with Gasteiger partial charge in [0.15, 0.2) is 5.82 Å². The maximum absolute atomic E-state index is 12.5. The third-order valence-corrected chi connectivity index (χ3v) is 5.14. The molecule has 1 aromatic carbocycles. The van der Waals surface area contributed by atoms with Crippen LogP contribution in [0, 0.1) is 0 Å². The summed E-state index contributed by atoms with van der Waals surface area (Å²) in [6, 6.07) is 9.05. The van der Waals surface area contributed by atoms with E-state index >= 15 is 0 Å². The van der Waals surface area contributed by atoms with Gasteiger partial charge in [-0.25, -0.2) is 9.36 Å². The number of nitrogens with zero attached hydrogens (tertiary/aromatic N) is 5. The maximum Gasteiger partial charge on any atom is 0.238 e. The summed E-state index contributed by atoms with van der Waals surface area (Å²) in [5, 5.41) is 16.0. The Morgan fingerprint density at radius 3 is 2.56 bits per heavy atom. The molecule has 0 aliphatic heterocycles. The van der Waals surface area contributed by atoms with Crippen molar-refractivity contribution in [3.05, 3.63) is 41.6 Å². The number of nitrogens with two attached hydrogens (primary N) is 1. The zero-order chi connectivity index (χ0) is 19.6. The predicted octanol–water partition coefficient (Wildman–Crippen LogP) is 3.21. The van der Waals surface area contributed by atoms with Crippen molar-refractivity contribution in [2.45, 2.75) is 37.2 Å². The molecule has 0 saturated carbocycles. The molecule has 0 saturated heterocycles. The quantitative estimate of drug-likeness (QED) is 0.482. The van der Waals surface area contributed by atoms with Crippen molar-refractivity contribution in [2.75, 3.05) is 11.2 Å². The van der Waals surface area contributed by atoms with Gasteiger partial charge < -0.3 is 11.2 Å². The fraction of sp³-hybridized carbons (Fsp3) is 0.294. The van der Waals surface area contributed by atoms with Gasteiger partial charge in [-0.15, -0.1) is 10.2 Å². The lowest BCUT2D eigenvalue weighted by Gasteiger charge is -2.14. The van der Waals surface area contributed by atoms with Crippen LogP contribution in [0.2, 0.25) is 5.02 Å². The molecule has 0 aliphatic carbocycles. The lowest BCUT2D eigenvalue weighted by molar-refractivity contribution is -0.115. The summed E-state index contributed by atoms with van der Waals surface area (Å²) in [6.45, 7) is 5.78. The smallest absolute Gasteiger partial charge is 0.238 e. The molecule has 0 spiro atoms. The molecule has 2 heterocycles. The van der Waals surface area contributed by atoms with E-state index in [1.54, 1.807) is 36.0 Å². The van der Waals surface area contributed by atoms with Crippen molar-refractivity contribution < 1.29 is 4.79 Å². The van der Waals surface area contributed by atoms with Gasteiger partial charge >= 0.3 is 0 Å². The monoisotopic (exact) mass is 405 g/mol. The molecular weight excluding hydrogens is 386 g/mol. The van der Waals surface area contributed by atoms with Crippen LogP contribution in [-0.4, -0.2) is 35.8 Å². The molecule has 0 fully saturated rings. The first kappa shape index (κ1) is 19.2. The molecule has 0 radical (unpaired) electrons. The van der Waals surface area contributed by atoms with Crippen LogP contribution in [0.15, 0.2) is 41.7 Å². The Hall–Kier alpha value is -2.52. The first-order chi connectivity index (χ1) is 12.9. The van der Waals surface area contributed by atoms with Gasteiger partial charge in [0.25, 0.3) is 0 Å². The van der Waals surface area contributed by atoms with Crippen LogP contribution in [0.25, 0.3) is 11.4 Å². The van der Waals surface area contributed by atoms with Crippen LogP contribution < -0.4 is 11.2 Å². The van der Waals surface area contributed by atoms with Crippen LogP contribution in [0.1, 0.15) is 26.8 Å². The molecule has 27 heavy (non-hydrogen) atoms. The molecule has 2 aromatic heterocycles. The Labute approximate surface area is 166 Å². The number of thioether (sulfide) groups is 1. The van der Waals surface area contributed by atoms with Crippen molar-refractivity contribution in [3.63, 3.8) is 0 Å². The predicted molar refractivity (Wildman–Crippen MR) is 107 cm³/mol. The van der Waals surface area contributed by atoms with Crippen molar-refractivity contribution >= 4 is 35.1 Å². The summed E-state index contributed by atoms with van der Waals surface area (Å²) in [7, 11) is 0. The van der Waals surface area contributed by atoms with Gasteiger partial charge in [-0.1, -0.05) is 23.4 Å². The number of nitrogen functional groups attached to an aromatic ring is 1. The molecule has 3 rings (SSSR count). The minimum atomic E-state index is -0.426. The number of nitrogens with one attached hydrogen (secondary N) is 1. The summed E-state index contributed by atoms with van der Waals surface area (Å²) in [6.07, 6.45) is 1.66. The highest BCUT2D eigenvalue weighted by Crippen LogP contribution is 2.26. The number of anilines is 1. The average molecular weight is 406 g/mol. The number of amides is 1. The van der Waals surface area contributed by atoms with E-state index in [1.807, 2.05) is 26.0 Å². The van der Waals surface area contributed by atoms with E-state index in [4.69, 9.17) is 17.4 Å². The number of halogens is 1. The number of aromatic nitrogens is 5. The fourth-order valence-corrected chi connectivity index (χ4v) is 3.31. The minimum absolute atomic E-state index is 0.146. The van der Waals surface area contributed by atoms with Crippen LogP contribution in [0.3, 0.4) is 0 Å². The molecule has 0 aliphatic rings. The van der Waals surface area contributed by atoms with Gasteiger partial charge in [0, 0.05) is 22.7 Å². The van der Waals surface area contributed by atoms with E-state index in [0.29, 0.717) is 21.8 Å². The number of rotatable bonds is 6. The van der Waals surface area contributed by atoms with E-state index < -0.39 is 5.25 Å². The Morgan fingerprint density at radius 1 is 1.19 bits per heavy atom. The minimum Gasteiger partial charge on any atom is -0.335 e. The van der Waals surface area contributed by atoms with Crippen molar-refractivity contribution in [3.8, 4) is 11.4 Å². The second kappa shape index (κ2) is 8.01.